The Bertz CT molecular complexity index is 1410. The largest absolute Gasteiger partial charge is 0.480 e. The maximum atomic E-state index is 12.9. The van der Waals surface area contributed by atoms with Gasteiger partial charge in [-0.1, -0.05) is 30.3 Å². The molecule has 0 aliphatic heterocycles. The molecule has 0 spiro atoms. The van der Waals surface area contributed by atoms with E-state index in [1.807, 2.05) is 0 Å². The van der Waals surface area contributed by atoms with Crippen LogP contribution in [0.25, 0.3) is 21.9 Å². The smallest absolute Gasteiger partial charge is 0.322 e. The summed E-state index contributed by atoms with van der Waals surface area (Å²) in [4.78, 5) is 21.9. The Hall–Kier alpha value is -3.76. The van der Waals surface area contributed by atoms with Gasteiger partial charge in [-0.05, 0) is 36.2 Å². The van der Waals surface area contributed by atoms with Crippen molar-refractivity contribution in [1.82, 2.24) is 4.72 Å². The Labute approximate surface area is 176 Å². The highest BCUT2D eigenvalue weighted by Gasteiger charge is 2.26. The lowest BCUT2D eigenvalue weighted by atomic mass is 10.1. The topological polar surface area (TPSA) is 140 Å². The zero-order valence-corrected chi connectivity index (χ0v) is 16.7. The number of benzene rings is 3. The Balaban J connectivity index is 1.69. The zero-order chi connectivity index (χ0) is 22.2. The fourth-order valence-corrected chi connectivity index (χ4v) is 4.53. The van der Waals surface area contributed by atoms with Crippen LogP contribution in [0.3, 0.4) is 0 Å². The van der Waals surface area contributed by atoms with Crippen molar-refractivity contribution in [1.29, 1.82) is 0 Å². The van der Waals surface area contributed by atoms with Crippen LogP contribution in [0.1, 0.15) is 5.56 Å². The number of hydrogen-bond acceptors (Lipinski definition) is 6. The minimum Gasteiger partial charge on any atom is -0.480 e. The van der Waals surface area contributed by atoms with Crippen molar-refractivity contribution in [3.8, 4) is 0 Å². The molecule has 0 aliphatic carbocycles. The first-order valence-corrected chi connectivity index (χ1v) is 10.6. The minimum atomic E-state index is -4.16. The molecule has 1 aromatic heterocycles. The third-order valence-electron chi connectivity index (χ3n) is 4.83. The SMILES string of the molecule is O=C(O)[C@H](Cc1ccccc1)NS(=O)(=O)c1ccc2oc3cc([N+](=O)[O-])ccc3c2c1. The molecule has 158 valence electrons. The average Bonchev–Trinajstić information content (AvgIpc) is 3.11. The van der Waals surface area contributed by atoms with Crippen molar-refractivity contribution in [2.24, 2.45) is 0 Å². The van der Waals surface area contributed by atoms with E-state index in [4.69, 9.17) is 4.42 Å². The van der Waals surface area contributed by atoms with E-state index in [0.717, 1.165) is 0 Å². The molecule has 4 rings (SSSR count). The molecule has 0 saturated carbocycles. The molecule has 3 aromatic carbocycles. The molecule has 10 heteroatoms. The Morgan fingerprint density at radius 2 is 1.77 bits per heavy atom. The van der Waals surface area contributed by atoms with Gasteiger partial charge in [0.25, 0.3) is 5.69 Å². The molecule has 9 nitrogen and oxygen atoms in total. The highest BCUT2D eigenvalue weighted by atomic mass is 32.2. The Morgan fingerprint density at radius 1 is 1.03 bits per heavy atom. The minimum absolute atomic E-state index is 0.0179. The second-order valence-electron chi connectivity index (χ2n) is 6.90. The van der Waals surface area contributed by atoms with E-state index < -0.39 is 27.0 Å². The van der Waals surface area contributed by atoms with Crippen LogP contribution in [0.15, 0.2) is 76.0 Å². The third kappa shape index (κ3) is 4.11. The number of aliphatic carboxylic acids is 1. The number of carbonyl (C=O) groups is 1. The number of carboxylic acids is 1. The average molecular weight is 440 g/mol. The molecule has 0 saturated heterocycles. The summed E-state index contributed by atoms with van der Waals surface area (Å²) < 4.78 is 33.6. The van der Waals surface area contributed by atoms with Crippen LogP contribution >= 0.6 is 0 Å². The maximum Gasteiger partial charge on any atom is 0.322 e. The first kappa shape index (κ1) is 20.5. The number of nitro benzene ring substituents is 1. The molecule has 0 bridgehead atoms. The monoisotopic (exact) mass is 440 g/mol. The van der Waals surface area contributed by atoms with Gasteiger partial charge >= 0.3 is 5.97 Å². The maximum absolute atomic E-state index is 12.9. The summed E-state index contributed by atoms with van der Waals surface area (Å²) in [6, 6.07) is 15.5. The van der Waals surface area contributed by atoms with Crippen LogP contribution < -0.4 is 4.72 Å². The zero-order valence-electron chi connectivity index (χ0n) is 15.9. The first-order chi connectivity index (χ1) is 14.7. The highest BCUT2D eigenvalue weighted by molar-refractivity contribution is 7.89. The summed E-state index contributed by atoms with van der Waals surface area (Å²) in [5, 5.41) is 21.4. The molecule has 1 heterocycles. The van der Waals surface area contributed by atoms with Gasteiger partial charge in [0.1, 0.15) is 17.2 Å². The van der Waals surface area contributed by atoms with Crippen molar-refractivity contribution >= 4 is 43.6 Å². The molecule has 1 atom stereocenters. The summed E-state index contributed by atoms with van der Waals surface area (Å²) in [5.41, 5.74) is 1.13. The van der Waals surface area contributed by atoms with Crippen LogP contribution in [0.2, 0.25) is 0 Å². The molecule has 0 radical (unpaired) electrons. The predicted octanol–water partition coefficient (Wildman–Crippen LogP) is 3.47. The number of furan rings is 1. The van der Waals surface area contributed by atoms with Gasteiger partial charge in [-0.15, -0.1) is 0 Å². The number of carboxylic acid groups (broad SMARTS) is 1. The van der Waals surface area contributed by atoms with Crippen LogP contribution in [0.5, 0.6) is 0 Å². The van der Waals surface area contributed by atoms with Gasteiger partial charge in [-0.25, -0.2) is 8.42 Å². The number of nitro groups is 1. The van der Waals surface area contributed by atoms with Gasteiger partial charge < -0.3 is 9.52 Å². The molecule has 0 unspecified atom stereocenters. The van der Waals surface area contributed by atoms with Gasteiger partial charge in [-0.2, -0.15) is 4.72 Å². The van der Waals surface area contributed by atoms with E-state index in [1.54, 1.807) is 30.3 Å². The van der Waals surface area contributed by atoms with Crippen molar-refractivity contribution < 1.29 is 27.7 Å². The molecule has 0 aliphatic rings. The number of non-ortho nitro benzene ring substituents is 1. The number of fused-ring (bicyclic) bond motifs is 3. The van der Waals surface area contributed by atoms with Gasteiger partial charge in [-0.3, -0.25) is 14.9 Å². The molecular formula is C21H16N2O7S. The summed E-state index contributed by atoms with van der Waals surface area (Å²) in [6.07, 6.45) is -0.0179. The molecular weight excluding hydrogens is 424 g/mol. The molecule has 4 aromatic rings. The molecule has 31 heavy (non-hydrogen) atoms. The van der Waals surface area contributed by atoms with Crippen LogP contribution in [-0.4, -0.2) is 30.5 Å². The number of rotatable bonds is 7. The Kier molecular flexibility index (Phi) is 5.17. The van der Waals surface area contributed by atoms with Gasteiger partial charge in [0.05, 0.1) is 15.9 Å². The summed E-state index contributed by atoms with van der Waals surface area (Å²) in [7, 11) is -4.16. The van der Waals surface area contributed by atoms with Crippen molar-refractivity contribution in [3.05, 3.63) is 82.4 Å². The highest BCUT2D eigenvalue weighted by Crippen LogP contribution is 2.32. The van der Waals surface area contributed by atoms with Crippen LogP contribution in [0, 0.1) is 10.1 Å². The first-order valence-electron chi connectivity index (χ1n) is 9.14. The van der Waals surface area contributed by atoms with Crippen molar-refractivity contribution in [3.63, 3.8) is 0 Å². The normalized spacial score (nSPS) is 12.8. The second-order valence-corrected chi connectivity index (χ2v) is 8.61. The molecule has 0 amide bonds. The second kappa shape index (κ2) is 7.82. The van der Waals surface area contributed by atoms with E-state index in [0.29, 0.717) is 21.9 Å². The Morgan fingerprint density at radius 3 is 2.45 bits per heavy atom. The number of sulfonamides is 1. The van der Waals surface area contributed by atoms with Gasteiger partial charge in [0.2, 0.25) is 10.0 Å². The van der Waals surface area contributed by atoms with Crippen LogP contribution in [-0.2, 0) is 21.2 Å². The lowest BCUT2D eigenvalue weighted by molar-refractivity contribution is -0.384. The van der Waals surface area contributed by atoms with Gasteiger partial charge in [0, 0.05) is 16.8 Å². The summed E-state index contributed by atoms with van der Waals surface area (Å²) in [6.45, 7) is 0. The van der Waals surface area contributed by atoms with Crippen molar-refractivity contribution in [2.75, 3.05) is 0 Å². The summed E-state index contributed by atoms with van der Waals surface area (Å²) >= 11 is 0. The predicted molar refractivity (Wildman–Crippen MR) is 112 cm³/mol. The third-order valence-corrected chi connectivity index (χ3v) is 6.29. The lowest BCUT2D eigenvalue weighted by Crippen LogP contribution is -2.42. The fraction of sp³-hybridized carbons (Fsp3) is 0.0952. The standard InChI is InChI=1S/C21H16N2O7S/c24-21(25)18(10-13-4-2-1-3-5-13)22-31(28,29)15-7-9-19-17(12-15)16-8-6-14(23(26)27)11-20(16)30-19/h1-9,11-12,18,22H,10H2,(H,24,25)/t18-/m0/s1. The summed E-state index contributed by atoms with van der Waals surface area (Å²) in [5.74, 6) is -1.30. The lowest BCUT2D eigenvalue weighted by Gasteiger charge is -2.15. The van der Waals surface area contributed by atoms with Crippen molar-refractivity contribution in [2.45, 2.75) is 17.4 Å². The molecule has 0 fully saturated rings. The van der Waals surface area contributed by atoms with Crippen LogP contribution in [0.4, 0.5) is 5.69 Å². The van der Waals surface area contributed by atoms with Gasteiger partial charge in [0.15, 0.2) is 0 Å². The number of hydrogen-bond donors (Lipinski definition) is 2. The van der Waals surface area contributed by atoms with E-state index >= 15 is 0 Å². The van der Waals surface area contributed by atoms with E-state index in [1.165, 1.54) is 36.4 Å². The van der Waals surface area contributed by atoms with E-state index in [2.05, 4.69) is 4.72 Å². The van der Waals surface area contributed by atoms with E-state index in [-0.39, 0.29) is 22.6 Å². The quantitative estimate of drug-likeness (QED) is 0.331. The number of nitrogens with one attached hydrogen (secondary N) is 1. The fourth-order valence-electron chi connectivity index (χ4n) is 3.31. The van der Waals surface area contributed by atoms with E-state index in [9.17, 15) is 28.4 Å². The molecule has 2 N–H and O–H groups in total. The number of nitrogens with zero attached hydrogens (tertiary/aromatic N) is 1.